The van der Waals surface area contributed by atoms with Crippen LogP contribution in [0.3, 0.4) is 0 Å². The number of carbonyl (C=O) groups is 1. The number of ether oxygens (including phenoxy) is 1. The Hall–Kier alpha value is -3.66. The number of fused-ring (bicyclic) bond motifs is 1. The van der Waals surface area contributed by atoms with E-state index in [-0.39, 0.29) is 6.09 Å². The van der Waals surface area contributed by atoms with Gasteiger partial charge in [0.05, 0.1) is 16.8 Å². The van der Waals surface area contributed by atoms with Crippen molar-refractivity contribution in [2.75, 3.05) is 31.1 Å². The summed E-state index contributed by atoms with van der Waals surface area (Å²) in [5.74, 6) is 0. The minimum absolute atomic E-state index is 0.287. The highest BCUT2D eigenvalue weighted by Gasteiger charge is 2.28. The van der Waals surface area contributed by atoms with E-state index in [1.54, 1.807) is 25.9 Å². The molecule has 0 spiro atoms. The summed E-state index contributed by atoms with van der Waals surface area (Å²) in [6, 6.07) is 13.4. The van der Waals surface area contributed by atoms with Crippen molar-refractivity contribution in [3.63, 3.8) is 0 Å². The topological polar surface area (TPSA) is 85.5 Å². The molecule has 0 radical (unpaired) electrons. The van der Waals surface area contributed by atoms with Gasteiger partial charge >= 0.3 is 6.09 Å². The van der Waals surface area contributed by atoms with Gasteiger partial charge in [-0.15, -0.1) is 0 Å². The quantitative estimate of drug-likeness (QED) is 0.415. The normalized spacial score (nSPS) is 15.3. The van der Waals surface area contributed by atoms with Gasteiger partial charge in [0.25, 0.3) is 0 Å². The van der Waals surface area contributed by atoms with E-state index >= 15 is 0 Å². The molecule has 36 heavy (non-hydrogen) atoms. The Morgan fingerprint density at radius 1 is 1.06 bits per heavy atom. The molecular formula is C26H30N6O3S. The largest absolute Gasteiger partial charge is 0.444 e. The molecule has 4 aromatic rings. The molecule has 1 saturated heterocycles. The Kier molecular flexibility index (Phi) is 6.29. The summed E-state index contributed by atoms with van der Waals surface area (Å²) in [6.45, 7) is 8.06. The number of aromatic nitrogens is 4. The fourth-order valence-corrected chi connectivity index (χ4v) is 5.60. The van der Waals surface area contributed by atoms with Crippen LogP contribution in [0, 0.1) is 0 Å². The van der Waals surface area contributed by atoms with Crippen molar-refractivity contribution >= 4 is 33.8 Å². The average Bonchev–Trinajstić information content (AvgIpc) is 3.46. The van der Waals surface area contributed by atoms with E-state index in [1.165, 1.54) is 0 Å². The van der Waals surface area contributed by atoms with Crippen molar-refractivity contribution < 1.29 is 13.7 Å². The number of pyridine rings is 1. The van der Waals surface area contributed by atoms with Crippen LogP contribution in [0.5, 0.6) is 0 Å². The molecule has 1 atom stereocenters. The molecule has 10 heteroatoms. The van der Waals surface area contributed by atoms with E-state index in [9.17, 15) is 9.00 Å². The maximum atomic E-state index is 13.8. The number of nitrogens with zero attached hydrogens (tertiary/aromatic N) is 6. The molecule has 0 bridgehead atoms. The second kappa shape index (κ2) is 9.42. The van der Waals surface area contributed by atoms with Crippen molar-refractivity contribution in [1.82, 2.24) is 23.6 Å². The third-order valence-electron chi connectivity index (χ3n) is 6.02. The Morgan fingerprint density at radius 3 is 2.42 bits per heavy atom. The monoisotopic (exact) mass is 506 g/mol. The maximum absolute atomic E-state index is 13.8. The van der Waals surface area contributed by atoms with Crippen LogP contribution in [0.2, 0.25) is 0 Å². The van der Waals surface area contributed by atoms with Crippen LogP contribution in [0.25, 0.3) is 22.3 Å². The van der Waals surface area contributed by atoms with E-state index in [2.05, 4.69) is 15.0 Å². The van der Waals surface area contributed by atoms with Crippen molar-refractivity contribution in [2.24, 2.45) is 7.05 Å². The number of anilines is 1. The highest BCUT2D eigenvalue weighted by molar-refractivity contribution is 7.83. The first kappa shape index (κ1) is 24.1. The van der Waals surface area contributed by atoms with Crippen molar-refractivity contribution in [3.8, 4) is 11.3 Å². The van der Waals surface area contributed by atoms with Crippen LogP contribution in [0.1, 0.15) is 20.8 Å². The van der Waals surface area contributed by atoms with Crippen LogP contribution in [0.4, 0.5) is 10.5 Å². The smallest absolute Gasteiger partial charge is 0.410 e. The molecule has 1 aliphatic rings. The van der Waals surface area contributed by atoms with E-state index in [0.717, 1.165) is 22.3 Å². The molecule has 188 valence electrons. The maximum Gasteiger partial charge on any atom is 0.410 e. The SMILES string of the molecule is Cn1cc(-c2cc3c(N4CCN(C(=O)OC(C)(C)C)CC4)ccnc3n2S(=O)c2ccccc2)cn1. The molecule has 9 nitrogen and oxygen atoms in total. The fraction of sp³-hybridized carbons (Fsp3) is 0.346. The molecular weight excluding hydrogens is 476 g/mol. The standard InChI is InChI=1S/C26H30N6O3S/c1-26(2,3)35-25(33)31-14-12-30(13-15-31)22-10-11-27-24-21(22)16-23(19-17-28-29(4)18-19)32(24)36(34)20-8-6-5-7-9-20/h5-11,16-18H,12-15H2,1-4H3. The summed E-state index contributed by atoms with van der Waals surface area (Å²) in [5, 5.41) is 5.23. The first-order chi connectivity index (χ1) is 17.2. The van der Waals surface area contributed by atoms with Gasteiger partial charge in [0.1, 0.15) is 5.60 Å². The second-order valence-corrected chi connectivity index (χ2v) is 11.1. The van der Waals surface area contributed by atoms with Gasteiger partial charge in [0, 0.05) is 62.3 Å². The highest BCUT2D eigenvalue weighted by atomic mass is 32.2. The van der Waals surface area contributed by atoms with E-state index in [0.29, 0.717) is 36.7 Å². The number of amides is 1. The van der Waals surface area contributed by atoms with Gasteiger partial charge in [-0.25, -0.2) is 18.0 Å². The molecule has 1 amide bonds. The van der Waals surface area contributed by atoms with Crippen LogP contribution in [-0.2, 0) is 22.8 Å². The van der Waals surface area contributed by atoms with E-state index in [4.69, 9.17) is 4.74 Å². The van der Waals surface area contributed by atoms with Gasteiger partial charge in [-0.3, -0.25) is 4.68 Å². The molecule has 5 rings (SSSR count). The molecule has 1 aliphatic heterocycles. The van der Waals surface area contributed by atoms with Crippen LogP contribution < -0.4 is 4.90 Å². The molecule has 0 saturated carbocycles. The highest BCUT2D eigenvalue weighted by Crippen LogP contribution is 2.35. The van der Waals surface area contributed by atoms with Crippen molar-refractivity contribution in [2.45, 2.75) is 31.3 Å². The number of rotatable bonds is 4. The molecule has 4 heterocycles. The van der Waals surface area contributed by atoms with Gasteiger partial charge in [-0.05, 0) is 45.0 Å². The Balaban J connectivity index is 1.51. The lowest BCUT2D eigenvalue weighted by molar-refractivity contribution is 0.0240. The predicted octanol–water partition coefficient (Wildman–Crippen LogP) is 4.06. The van der Waals surface area contributed by atoms with E-state index in [1.807, 2.05) is 76.5 Å². The van der Waals surface area contributed by atoms with Crippen LogP contribution >= 0.6 is 0 Å². The number of carbonyl (C=O) groups excluding carboxylic acids is 1. The number of hydrogen-bond acceptors (Lipinski definition) is 6. The van der Waals surface area contributed by atoms with Gasteiger partial charge in [0.15, 0.2) is 16.6 Å². The van der Waals surface area contributed by atoms with Crippen LogP contribution in [-0.4, -0.2) is 65.7 Å². The summed E-state index contributed by atoms with van der Waals surface area (Å²) < 4.78 is 22.8. The molecule has 1 aromatic carbocycles. The Bertz CT molecular complexity index is 1410. The third kappa shape index (κ3) is 4.73. The fourth-order valence-electron chi connectivity index (χ4n) is 4.36. The third-order valence-corrected chi connectivity index (χ3v) is 7.40. The average molecular weight is 507 g/mol. The first-order valence-electron chi connectivity index (χ1n) is 11.9. The number of aryl methyl sites for hydroxylation is 1. The molecule has 3 aromatic heterocycles. The predicted molar refractivity (Wildman–Crippen MR) is 140 cm³/mol. The number of piperazine rings is 1. The van der Waals surface area contributed by atoms with Crippen molar-refractivity contribution in [1.29, 1.82) is 0 Å². The van der Waals surface area contributed by atoms with Crippen molar-refractivity contribution in [3.05, 3.63) is 61.1 Å². The summed E-state index contributed by atoms with van der Waals surface area (Å²) >= 11 is 0. The van der Waals surface area contributed by atoms with Crippen LogP contribution in [0.15, 0.2) is 66.0 Å². The molecule has 1 unspecified atom stereocenters. The number of benzene rings is 1. The zero-order chi connectivity index (χ0) is 25.4. The Morgan fingerprint density at radius 2 is 1.78 bits per heavy atom. The lowest BCUT2D eigenvalue weighted by Crippen LogP contribution is -2.50. The van der Waals surface area contributed by atoms with Gasteiger partial charge in [-0.2, -0.15) is 5.10 Å². The first-order valence-corrected chi connectivity index (χ1v) is 13.0. The summed E-state index contributed by atoms with van der Waals surface area (Å²) in [6.07, 6.45) is 5.15. The van der Waals surface area contributed by atoms with Gasteiger partial charge in [0.2, 0.25) is 0 Å². The lowest BCUT2D eigenvalue weighted by atomic mass is 10.2. The Labute approximate surface area is 212 Å². The number of hydrogen-bond donors (Lipinski definition) is 0. The molecule has 0 aliphatic carbocycles. The summed E-state index contributed by atoms with van der Waals surface area (Å²) in [7, 11) is 0.361. The molecule has 0 N–H and O–H groups in total. The lowest BCUT2D eigenvalue weighted by Gasteiger charge is -2.37. The summed E-state index contributed by atoms with van der Waals surface area (Å²) in [4.78, 5) is 21.9. The zero-order valence-corrected chi connectivity index (χ0v) is 21.7. The zero-order valence-electron chi connectivity index (χ0n) is 20.9. The minimum Gasteiger partial charge on any atom is -0.444 e. The second-order valence-electron chi connectivity index (χ2n) is 9.81. The van der Waals surface area contributed by atoms with Gasteiger partial charge < -0.3 is 14.5 Å². The van der Waals surface area contributed by atoms with Gasteiger partial charge in [-0.1, -0.05) is 18.2 Å². The van der Waals surface area contributed by atoms with E-state index < -0.39 is 16.6 Å². The molecule has 1 fully saturated rings. The minimum atomic E-state index is -1.50. The summed E-state index contributed by atoms with van der Waals surface area (Å²) in [5.41, 5.74) is 2.76.